The Balaban J connectivity index is 1.44. The van der Waals surface area contributed by atoms with Crippen molar-refractivity contribution in [3.8, 4) is 23.0 Å². The summed E-state index contributed by atoms with van der Waals surface area (Å²) in [6, 6.07) is 11.3. The molecule has 1 aliphatic heterocycles. The molecule has 2 aliphatic rings. The number of nitrogens with zero attached hydrogens (tertiary/aromatic N) is 5. The third-order valence-electron chi connectivity index (χ3n) is 8.70. The van der Waals surface area contributed by atoms with Gasteiger partial charge in [-0.05, 0) is 76.6 Å². The van der Waals surface area contributed by atoms with Gasteiger partial charge in [0.2, 0.25) is 0 Å². The Morgan fingerprint density at radius 1 is 1.13 bits per heavy atom. The van der Waals surface area contributed by atoms with Crippen LogP contribution < -0.4 is 10.1 Å². The zero-order valence-corrected chi connectivity index (χ0v) is 22.7. The highest BCUT2D eigenvalue weighted by molar-refractivity contribution is 6.01. The quantitative estimate of drug-likeness (QED) is 0.327. The fourth-order valence-corrected chi connectivity index (χ4v) is 5.89. The topological polar surface area (TPSA) is 86.6 Å². The van der Waals surface area contributed by atoms with Gasteiger partial charge in [0.05, 0.1) is 10.9 Å². The summed E-state index contributed by atoms with van der Waals surface area (Å²) in [7, 11) is 6.27. The number of likely N-dealkylation sites (tertiary alicyclic amines) is 1. The average molecular weight is 531 g/mol. The van der Waals surface area contributed by atoms with Crippen LogP contribution in [0.15, 0.2) is 42.6 Å². The van der Waals surface area contributed by atoms with Crippen LogP contribution in [0.1, 0.15) is 32.1 Å². The van der Waals surface area contributed by atoms with Gasteiger partial charge in [0.25, 0.3) is 0 Å². The molecule has 4 aromatic rings. The van der Waals surface area contributed by atoms with Crippen molar-refractivity contribution in [1.29, 1.82) is 0 Å². The second kappa shape index (κ2) is 10.2. The lowest BCUT2D eigenvalue weighted by molar-refractivity contribution is 0.0738. The molecule has 39 heavy (non-hydrogen) atoms. The molecule has 3 heterocycles. The van der Waals surface area contributed by atoms with Gasteiger partial charge in [-0.3, -0.25) is 4.98 Å². The molecule has 2 N–H and O–H groups in total. The molecule has 2 aromatic carbocycles. The van der Waals surface area contributed by atoms with Gasteiger partial charge in [-0.25, -0.2) is 4.39 Å². The predicted molar refractivity (Wildman–Crippen MR) is 152 cm³/mol. The van der Waals surface area contributed by atoms with Crippen molar-refractivity contribution >= 4 is 27.5 Å². The first kappa shape index (κ1) is 25.7. The number of pyridine rings is 1. The molecule has 0 amide bonds. The van der Waals surface area contributed by atoms with Crippen LogP contribution in [0.4, 0.5) is 10.2 Å². The summed E-state index contributed by atoms with van der Waals surface area (Å²) in [5.74, 6) is -0.146. The van der Waals surface area contributed by atoms with Gasteiger partial charge in [0, 0.05) is 24.3 Å². The Morgan fingerprint density at radius 3 is 2.67 bits per heavy atom. The summed E-state index contributed by atoms with van der Waals surface area (Å²) in [4.78, 5) is 18.2. The number of fused-ring (bicyclic) bond motifs is 2. The molecule has 1 aliphatic carbocycles. The van der Waals surface area contributed by atoms with Crippen molar-refractivity contribution in [2.24, 2.45) is 0 Å². The van der Waals surface area contributed by atoms with Gasteiger partial charge in [0.1, 0.15) is 29.4 Å². The number of benzene rings is 2. The van der Waals surface area contributed by atoms with Gasteiger partial charge in [-0.1, -0.05) is 30.3 Å². The highest BCUT2D eigenvalue weighted by atomic mass is 19.1. The number of aromatic nitrogens is 3. The lowest BCUT2D eigenvalue weighted by Gasteiger charge is -2.47. The van der Waals surface area contributed by atoms with E-state index < -0.39 is 5.82 Å². The van der Waals surface area contributed by atoms with E-state index in [0.29, 0.717) is 35.3 Å². The second-order valence-electron chi connectivity index (χ2n) is 11.1. The SMILES string of the molecule is CN1CCC[C@@H]1COc1nc(NCC2(N(C)C)CCC2)c2cnc(-c3c(O)ccc4ccccc34)c(F)c2n1. The maximum atomic E-state index is 16.3. The van der Waals surface area contributed by atoms with Crippen molar-refractivity contribution in [3.63, 3.8) is 0 Å². The number of hydrogen-bond acceptors (Lipinski definition) is 8. The first-order valence-electron chi connectivity index (χ1n) is 13.7. The summed E-state index contributed by atoms with van der Waals surface area (Å²) in [5.41, 5.74) is 0.543. The zero-order chi connectivity index (χ0) is 27.1. The minimum Gasteiger partial charge on any atom is -0.507 e. The van der Waals surface area contributed by atoms with Gasteiger partial charge in [-0.2, -0.15) is 9.97 Å². The number of anilines is 1. The van der Waals surface area contributed by atoms with Crippen molar-refractivity contribution < 1.29 is 14.2 Å². The van der Waals surface area contributed by atoms with Gasteiger partial charge in [-0.15, -0.1) is 0 Å². The van der Waals surface area contributed by atoms with E-state index >= 15 is 4.39 Å². The molecule has 0 bridgehead atoms. The molecular formula is C30H35FN6O2. The Hall–Kier alpha value is -3.56. The summed E-state index contributed by atoms with van der Waals surface area (Å²) < 4.78 is 22.4. The molecule has 2 fully saturated rings. The highest BCUT2D eigenvalue weighted by Gasteiger charge is 2.39. The molecule has 0 spiro atoms. The largest absolute Gasteiger partial charge is 0.507 e. The second-order valence-corrected chi connectivity index (χ2v) is 11.1. The van der Waals surface area contributed by atoms with E-state index in [0.717, 1.165) is 37.6 Å². The van der Waals surface area contributed by atoms with Crippen molar-refractivity contribution in [3.05, 3.63) is 48.4 Å². The standard InChI is InChI=1S/C30H35FN6O2/c1-36(2)30(13-7-14-30)18-33-28-22-16-32-27(24-21-10-5-4-8-19(21)11-12-23(24)38)25(31)26(22)34-29(35-28)39-17-20-9-6-15-37(20)3/h4-5,8,10-12,16,20,38H,6-7,9,13-15,17-18H2,1-3H3,(H,33,34,35)/t20-/m1/s1. The molecule has 8 nitrogen and oxygen atoms in total. The smallest absolute Gasteiger partial charge is 0.319 e. The van der Waals surface area contributed by atoms with E-state index in [2.05, 4.69) is 51.2 Å². The third kappa shape index (κ3) is 4.63. The van der Waals surface area contributed by atoms with Crippen LogP contribution >= 0.6 is 0 Å². The Bertz CT molecular complexity index is 1520. The molecule has 0 radical (unpaired) electrons. The van der Waals surface area contributed by atoms with Crippen molar-refractivity contribution in [1.82, 2.24) is 24.8 Å². The summed E-state index contributed by atoms with van der Waals surface area (Å²) in [5, 5.41) is 16.3. The number of likely N-dealkylation sites (N-methyl/N-ethyl adjacent to an activating group) is 2. The number of phenolic OH excluding ortho intramolecular Hbond substituents is 1. The van der Waals surface area contributed by atoms with E-state index in [4.69, 9.17) is 4.74 Å². The maximum Gasteiger partial charge on any atom is 0.319 e. The lowest BCUT2D eigenvalue weighted by atomic mass is 9.75. The molecule has 2 aromatic heterocycles. The van der Waals surface area contributed by atoms with Crippen LogP contribution in [-0.2, 0) is 0 Å². The van der Waals surface area contributed by atoms with Crippen LogP contribution in [0.3, 0.4) is 0 Å². The van der Waals surface area contributed by atoms with E-state index in [1.165, 1.54) is 6.42 Å². The number of rotatable bonds is 8. The molecule has 1 saturated carbocycles. The molecule has 204 valence electrons. The van der Waals surface area contributed by atoms with E-state index in [1.807, 2.05) is 30.3 Å². The molecular weight excluding hydrogens is 495 g/mol. The van der Waals surface area contributed by atoms with Crippen LogP contribution in [-0.4, -0.2) is 82.3 Å². The molecule has 0 unspecified atom stereocenters. The molecule has 9 heteroatoms. The Kier molecular flexibility index (Phi) is 6.72. The monoisotopic (exact) mass is 530 g/mol. The van der Waals surface area contributed by atoms with Crippen molar-refractivity contribution in [2.75, 3.05) is 46.2 Å². The minimum atomic E-state index is -0.613. The number of nitrogens with one attached hydrogen (secondary N) is 1. The third-order valence-corrected chi connectivity index (χ3v) is 8.70. The normalized spacial score (nSPS) is 19.1. The fourth-order valence-electron chi connectivity index (χ4n) is 5.89. The van der Waals surface area contributed by atoms with E-state index in [9.17, 15) is 5.11 Å². The first-order chi connectivity index (χ1) is 18.9. The fraction of sp³-hybridized carbons (Fsp3) is 0.433. The van der Waals surface area contributed by atoms with E-state index in [1.54, 1.807) is 12.3 Å². The van der Waals surface area contributed by atoms with Crippen LogP contribution in [0.2, 0.25) is 0 Å². The summed E-state index contributed by atoms with van der Waals surface area (Å²) >= 11 is 0. The van der Waals surface area contributed by atoms with Crippen LogP contribution in [0.25, 0.3) is 32.9 Å². The number of hydrogen-bond donors (Lipinski definition) is 2. The summed E-state index contributed by atoms with van der Waals surface area (Å²) in [6.45, 7) is 2.14. The minimum absolute atomic E-state index is 0.0332. The number of phenols is 1. The Morgan fingerprint density at radius 2 is 1.95 bits per heavy atom. The molecule has 1 atom stereocenters. The predicted octanol–water partition coefficient (Wildman–Crippen LogP) is 5.06. The summed E-state index contributed by atoms with van der Waals surface area (Å²) in [6.07, 6.45) is 7.12. The number of aromatic hydroxyl groups is 1. The molecule has 6 rings (SSSR count). The van der Waals surface area contributed by atoms with Crippen molar-refractivity contribution in [2.45, 2.75) is 43.7 Å². The molecule has 1 saturated heterocycles. The van der Waals surface area contributed by atoms with Crippen LogP contribution in [0, 0.1) is 5.82 Å². The van der Waals surface area contributed by atoms with Gasteiger partial charge >= 0.3 is 6.01 Å². The number of ether oxygens (including phenoxy) is 1. The average Bonchev–Trinajstić information content (AvgIpc) is 3.32. The Labute approximate surface area is 227 Å². The van der Waals surface area contributed by atoms with E-state index in [-0.39, 0.29) is 34.6 Å². The van der Waals surface area contributed by atoms with Gasteiger partial charge < -0.3 is 25.0 Å². The highest BCUT2D eigenvalue weighted by Crippen LogP contribution is 2.40. The van der Waals surface area contributed by atoms with Gasteiger partial charge in [0.15, 0.2) is 5.82 Å². The lowest BCUT2D eigenvalue weighted by Crippen LogP contribution is -2.54. The first-order valence-corrected chi connectivity index (χ1v) is 13.7. The maximum absolute atomic E-state index is 16.3. The van der Waals surface area contributed by atoms with Crippen LogP contribution in [0.5, 0.6) is 11.8 Å². The zero-order valence-electron chi connectivity index (χ0n) is 22.7. The number of halogens is 1.